The van der Waals surface area contributed by atoms with Crippen molar-refractivity contribution in [3.8, 4) is 5.75 Å². The van der Waals surface area contributed by atoms with Gasteiger partial charge in [-0.3, -0.25) is 14.9 Å². The van der Waals surface area contributed by atoms with Crippen LogP contribution in [0.1, 0.15) is 59.4 Å². The lowest BCUT2D eigenvalue weighted by molar-refractivity contribution is -0.186. The normalized spacial score (nSPS) is 30.6. The minimum atomic E-state index is -1.91. The van der Waals surface area contributed by atoms with Gasteiger partial charge in [0.05, 0.1) is 19.2 Å². The Morgan fingerprint density at radius 2 is 1.91 bits per heavy atom. The van der Waals surface area contributed by atoms with Gasteiger partial charge in [0, 0.05) is 39.8 Å². The predicted octanol–water partition coefficient (Wildman–Crippen LogP) is 5.15. The highest BCUT2D eigenvalue weighted by atomic mass is 35.5. The Morgan fingerprint density at radius 3 is 2.53 bits per heavy atom. The Balaban J connectivity index is 2.14. The van der Waals surface area contributed by atoms with E-state index in [0.29, 0.717) is 23.6 Å². The van der Waals surface area contributed by atoms with Crippen molar-refractivity contribution in [2.45, 2.75) is 96.0 Å². The maximum Gasteiger partial charge on any atom is 0.409 e. The van der Waals surface area contributed by atoms with Crippen molar-refractivity contribution in [2.24, 2.45) is 11.8 Å². The first-order valence-electron chi connectivity index (χ1n) is 17.4. The molecule has 0 aromatic heterocycles. The number of methoxy groups -OCH3 is 2. The molecule has 1 saturated heterocycles. The topological polar surface area (TPSA) is 164 Å². The summed E-state index contributed by atoms with van der Waals surface area (Å²) in [6.07, 6.45) is 2.94. The van der Waals surface area contributed by atoms with Crippen LogP contribution in [0.25, 0.3) is 0 Å². The number of allylic oxidation sites excluding steroid dienone is 3. The second-order valence-corrected chi connectivity index (χ2v) is 17.0. The fourth-order valence-electron chi connectivity index (χ4n) is 6.44. The highest BCUT2D eigenvalue weighted by Gasteiger charge is 2.51. The van der Waals surface area contributed by atoms with Crippen molar-refractivity contribution >= 4 is 62.8 Å². The standard InChI is InChI=1S/C37H54ClN3O10S2/c1-21-12-11-13-29(49-9)37(47)20-28(50-35(45)39-37)22(2)23(3)36(5,46)30(51-34(44)24(4)40(6)31(42)14-15-53-52-10)19-32(43)41(7)26-17-25(16-21)18-27(48-8)33(26)38/h11-13,17-18,22-24,28-30,46-47H,14-16,19-20H2,1-10H3,(H,39,45)/b13-11+,21-12+/t22-,23?,24-,28?,29+,30-,36?,37-/m0/s1. The average Bonchev–Trinajstić information content (AvgIpc) is 3.11. The summed E-state index contributed by atoms with van der Waals surface area (Å²) < 4.78 is 22.8. The molecule has 1 aromatic carbocycles. The average molecular weight is 800 g/mol. The summed E-state index contributed by atoms with van der Waals surface area (Å²) in [6, 6.07) is 2.49. The second-order valence-electron chi connectivity index (χ2n) is 13.9. The van der Waals surface area contributed by atoms with E-state index in [1.54, 1.807) is 38.1 Å². The molecule has 2 heterocycles. The van der Waals surface area contributed by atoms with Crippen LogP contribution in [0.3, 0.4) is 0 Å². The number of nitrogens with one attached hydrogen (secondary N) is 1. The van der Waals surface area contributed by atoms with Crippen LogP contribution in [-0.4, -0.2) is 115 Å². The summed E-state index contributed by atoms with van der Waals surface area (Å²) in [5.41, 5.74) is -1.76. The molecule has 1 fully saturated rings. The molecular formula is C37H54ClN3O10S2. The zero-order valence-electron chi connectivity index (χ0n) is 32.1. The summed E-state index contributed by atoms with van der Waals surface area (Å²) in [5, 5.41) is 26.7. The van der Waals surface area contributed by atoms with E-state index in [0.717, 1.165) is 11.1 Å². The van der Waals surface area contributed by atoms with Gasteiger partial charge in [-0.2, -0.15) is 0 Å². The van der Waals surface area contributed by atoms with E-state index in [-0.39, 0.29) is 23.8 Å². The van der Waals surface area contributed by atoms with E-state index in [9.17, 15) is 29.4 Å². The Bertz CT molecular complexity index is 1560. The summed E-state index contributed by atoms with van der Waals surface area (Å²) in [7, 11) is 8.97. The van der Waals surface area contributed by atoms with Crippen molar-refractivity contribution < 1.29 is 48.3 Å². The summed E-state index contributed by atoms with van der Waals surface area (Å²) >= 11 is 6.74. The molecule has 0 spiro atoms. The van der Waals surface area contributed by atoms with Crippen LogP contribution in [0.2, 0.25) is 5.02 Å². The number of anilines is 1. The van der Waals surface area contributed by atoms with Crippen molar-refractivity contribution in [3.05, 3.63) is 46.5 Å². The van der Waals surface area contributed by atoms with Gasteiger partial charge in [0.15, 0.2) is 5.72 Å². The van der Waals surface area contributed by atoms with Crippen molar-refractivity contribution in [1.29, 1.82) is 0 Å². The first-order valence-corrected chi connectivity index (χ1v) is 20.5. The van der Waals surface area contributed by atoms with Gasteiger partial charge in [0.1, 0.15) is 40.7 Å². The molecule has 0 radical (unpaired) electrons. The number of carbonyl (C=O) groups excluding carboxylic acids is 4. The van der Waals surface area contributed by atoms with Crippen LogP contribution < -0.4 is 15.0 Å². The highest BCUT2D eigenvalue weighted by molar-refractivity contribution is 8.76. The predicted molar refractivity (Wildman–Crippen MR) is 208 cm³/mol. The summed E-state index contributed by atoms with van der Waals surface area (Å²) in [6.45, 7) is 8.30. The number of amides is 3. The molecule has 16 heteroatoms. The monoisotopic (exact) mass is 799 g/mol. The fraction of sp³-hybridized carbons (Fsp3) is 0.622. The van der Waals surface area contributed by atoms with Crippen molar-refractivity contribution in [2.75, 3.05) is 45.2 Å². The van der Waals surface area contributed by atoms with Crippen LogP contribution in [0.5, 0.6) is 5.75 Å². The van der Waals surface area contributed by atoms with E-state index in [4.69, 9.17) is 30.5 Å². The SMILES string of the molecule is COc1cc2cc(c1Cl)N(C)C(=O)C[C@H](OC(=O)[C@H](C)N(C)C(=O)CCSSC)C(C)(O)C(C)[C@H](C)C1C[C@@](O)(NC(=O)O1)[C@H](OC)/C=C/C=C(\C)C2. The van der Waals surface area contributed by atoms with E-state index in [1.807, 2.05) is 19.3 Å². The second kappa shape index (κ2) is 19.1. The van der Waals surface area contributed by atoms with Gasteiger partial charge in [0.25, 0.3) is 0 Å². The number of hydrogen-bond acceptors (Lipinski definition) is 12. The number of halogens is 1. The molecule has 53 heavy (non-hydrogen) atoms. The smallest absolute Gasteiger partial charge is 0.409 e. The van der Waals surface area contributed by atoms with E-state index >= 15 is 0 Å². The molecule has 2 aliphatic heterocycles. The van der Waals surface area contributed by atoms with Crippen LogP contribution in [0.15, 0.2) is 35.9 Å². The molecule has 3 unspecified atom stereocenters. The molecule has 296 valence electrons. The number of rotatable bonds is 9. The van der Waals surface area contributed by atoms with Gasteiger partial charge in [0.2, 0.25) is 11.8 Å². The van der Waals surface area contributed by atoms with Gasteiger partial charge in [-0.05, 0) is 63.0 Å². The maximum atomic E-state index is 14.1. The molecule has 3 N–H and O–H groups in total. The molecule has 4 bridgehead atoms. The molecular weight excluding hydrogens is 746 g/mol. The number of benzene rings is 1. The van der Waals surface area contributed by atoms with Crippen LogP contribution in [0.4, 0.5) is 10.5 Å². The molecule has 3 amide bonds. The molecule has 0 saturated carbocycles. The number of likely N-dealkylation sites (N-methyl/N-ethyl adjacent to an activating group) is 1. The van der Waals surface area contributed by atoms with Gasteiger partial charge in [-0.25, -0.2) is 9.59 Å². The third kappa shape index (κ3) is 10.8. The highest BCUT2D eigenvalue weighted by Crippen LogP contribution is 2.40. The zero-order chi connectivity index (χ0) is 39.8. The number of ether oxygens (including phenoxy) is 4. The number of nitrogens with zero attached hydrogens (tertiary/aromatic N) is 2. The third-order valence-electron chi connectivity index (χ3n) is 10.4. The maximum absolute atomic E-state index is 14.1. The zero-order valence-corrected chi connectivity index (χ0v) is 34.5. The molecule has 2 aliphatic rings. The Morgan fingerprint density at radius 1 is 1.23 bits per heavy atom. The van der Waals surface area contributed by atoms with Crippen molar-refractivity contribution in [3.63, 3.8) is 0 Å². The molecule has 13 nitrogen and oxygen atoms in total. The third-order valence-corrected chi connectivity index (χ3v) is 12.6. The molecule has 8 atom stereocenters. The molecule has 0 aliphatic carbocycles. The summed E-state index contributed by atoms with van der Waals surface area (Å²) in [4.78, 5) is 56.2. The quantitative estimate of drug-likeness (QED) is 0.171. The van der Waals surface area contributed by atoms with Crippen molar-refractivity contribution in [1.82, 2.24) is 10.2 Å². The number of carbonyl (C=O) groups is 4. The molecule has 1 aromatic rings. The lowest BCUT2D eigenvalue weighted by Crippen LogP contribution is -2.64. The van der Waals surface area contributed by atoms with Gasteiger partial charge in [-0.15, -0.1) is 0 Å². The summed E-state index contributed by atoms with van der Waals surface area (Å²) in [5.74, 6) is -2.16. The van der Waals surface area contributed by atoms with Gasteiger partial charge >= 0.3 is 12.1 Å². The van der Waals surface area contributed by atoms with E-state index in [2.05, 4.69) is 5.32 Å². The first-order chi connectivity index (χ1) is 24.8. The number of fused-ring (bicyclic) bond motifs is 4. The van der Waals surface area contributed by atoms with Crippen LogP contribution >= 0.6 is 33.2 Å². The lowest BCUT2D eigenvalue weighted by atomic mass is 9.73. The van der Waals surface area contributed by atoms with Gasteiger partial charge < -0.3 is 39.0 Å². The molecule has 3 rings (SSSR count). The van der Waals surface area contributed by atoms with Gasteiger partial charge in [-0.1, -0.05) is 70.8 Å². The van der Waals surface area contributed by atoms with Crippen LogP contribution in [-0.2, 0) is 35.0 Å². The lowest BCUT2D eigenvalue weighted by Gasteiger charge is -2.46. The number of aliphatic hydroxyl groups is 2. The number of esters is 1. The minimum Gasteiger partial charge on any atom is -0.495 e. The minimum absolute atomic E-state index is 0.110. The van der Waals surface area contributed by atoms with Crippen LogP contribution in [0, 0.1) is 11.8 Å². The Kier molecular flexibility index (Phi) is 16.0. The Labute approximate surface area is 325 Å². The first kappa shape index (κ1) is 44.4. The number of hydrogen-bond donors (Lipinski definition) is 3. The Hall–Kier alpha value is -2.95. The van der Waals surface area contributed by atoms with E-state index < -0.39 is 71.9 Å². The largest absolute Gasteiger partial charge is 0.495 e. The fourth-order valence-corrected chi connectivity index (χ4v) is 7.93. The van der Waals surface area contributed by atoms with E-state index in [1.165, 1.54) is 73.6 Å². The number of alkyl carbamates (subject to hydrolysis) is 1.